The zero-order valence-electron chi connectivity index (χ0n) is 23.0. The summed E-state index contributed by atoms with van der Waals surface area (Å²) < 4.78 is 45.7. The molecule has 0 aliphatic heterocycles. The fourth-order valence-corrected chi connectivity index (χ4v) is 6.66. The Morgan fingerprint density at radius 1 is 1.18 bits per heavy atom. The number of carbonyl (C=O) groups is 1. The molecule has 40 heavy (non-hydrogen) atoms. The van der Waals surface area contributed by atoms with Gasteiger partial charge in [-0.15, -0.1) is 0 Å². The molecule has 1 aliphatic rings. The fourth-order valence-electron chi connectivity index (χ4n) is 4.54. The third kappa shape index (κ3) is 6.00. The summed E-state index contributed by atoms with van der Waals surface area (Å²) in [6, 6.07) is 8.98. The smallest absolute Gasteiger partial charge is 0.341 e. The van der Waals surface area contributed by atoms with Gasteiger partial charge in [0, 0.05) is 41.5 Å². The van der Waals surface area contributed by atoms with Gasteiger partial charge in [0.2, 0.25) is 0 Å². The van der Waals surface area contributed by atoms with E-state index in [2.05, 4.69) is 24.7 Å². The monoisotopic (exact) mass is 603 g/mol. The van der Waals surface area contributed by atoms with Crippen LogP contribution >= 0.6 is 23.4 Å². The van der Waals surface area contributed by atoms with E-state index < -0.39 is 25.7 Å². The number of carbonyl (C=O) groups excluding carboxylic acids is 1. The highest BCUT2D eigenvalue weighted by Crippen LogP contribution is 2.51. The zero-order chi connectivity index (χ0) is 28.6. The number of benzene rings is 2. The molecule has 4 aromatic rings. The second-order valence-corrected chi connectivity index (χ2v) is 18.2. The minimum Gasteiger partial charge on any atom is -0.462 e. The van der Waals surface area contributed by atoms with E-state index in [4.69, 9.17) is 21.1 Å². The third-order valence-electron chi connectivity index (χ3n) is 6.74. The Balaban J connectivity index is 1.57. The summed E-state index contributed by atoms with van der Waals surface area (Å²) in [4.78, 5) is 13.3. The standard InChI is InChI=1S/C29H32ClF2N3O3SSi/c1-5-38-29(36)20-7-6-8-23(24(20)31)39-28-21-11-12-22(30)25(32)27(21)35(26(28)18-9-10-18)19-15-33-34(16-19)17-37-13-14-40(2,3)4/h6-8,11-12,15-16,18H,5,9-10,13-14,17H2,1-4H3. The average Bonchev–Trinajstić information content (AvgIpc) is 3.54. The van der Waals surface area contributed by atoms with E-state index in [-0.39, 0.29) is 28.0 Å². The number of aromatic nitrogens is 3. The van der Waals surface area contributed by atoms with Gasteiger partial charge >= 0.3 is 5.97 Å². The molecule has 2 heterocycles. The van der Waals surface area contributed by atoms with Gasteiger partial charge in [-0.2, -0.15) is 5.10 Å². The van der Waals surface area contributed by atoms with E-state index in [0.717, 1.165) is 29.5 Å². The number of ether oxygens (including phenoxy) is 2. The highest BCUT2D eigenvalue weighted by atomic mass is 35.5. The van der Waals surface area contributed by atoms with Gasteiger partial charge in [0.15, 0.2) is 11.6 Å². The van der Waals surface area contributed by atoms with Crippen molar-refractivity contribution in [3.05, 3.63) is 70.6 Å². The molecule has 1 aliphatic carbocycles. The third-order valence-corrected chi connectivity index (χ3v) is 9.91. The minimum absolute atomic E-state index is 0.00251. The highest BCUT2D eigenvalue weighted by Gasteiger charge is 2.35. The van der Waals surface area contributed by atoms with Crippen LogP contribution in [-0.2, 0) is 16.2 Å². The summed E-state index contributed by atoms with van der Waals surface area (Å²) >= 11 is 7.44. The second-order valence-electron chi connectivity index (χ2n) is 11.1. The van der Waals surface area contributed by atoms with Crippen LogP contribution in [0.4, 0.5) is 8.78 Å². The number of hydrogen-bond acceptors (Lipinski definition) is 5. The van der Waals surface area contributed by atoms with Gasteiger partial charge in [-0.05, 0) is 50.1 Å². The summed E-state index contributed by atoms with van der Waals surface area (Å²) in [7, 11) is -1.21. The lowest BCUT2D eigenvalue weighted by Crippen LogP contribution is -2.22. The van der Waals surface area contributed by atoms with Crippen molar-refractivity contribution in [2.75, 3.05) is 13.2 Å². The van der Waals surface area contributed by atoms with Crippen LogP contribution in [0.3, 0.4) is 0 Å². The Labute approximate surface area is 242 Å². The van der Waals surface area contributed by atoms with Crippen LogP contribution in [-0.4, -0.2) is 41.6 Å². The number of hydrogen-bond donors (Lipinski definition) is 0. The lowest BCUT2D eigenvalue weighted by atomic mass is 10.2. The van der Waals surface area contributed by atoms with Crippen LogP contribution in [0, 0.1) is 11.6 Å². The lowest BCUT2D eigenvalue weighted by molar-refractivity contribution is 0.0520. The molecule has 0 unspecified atom stereocenters. The highest BCUT2D eigenvalue weighted by molar-refractivity contribution is 7.99. The molecular formula is C29H32ClF2N3O3SSi. The van der Waals surface area contributed by atoms with E-state index in [0.29, 0.717) is 29.9 Å². The Kier molecular flexibility index (Phi) is 8.42. The summed E-state index contributed by atoms with van der Waals surface area (Å²) in [5, 5.41) is 5.09. The summed E-state index contributed by atoms with van der Waals surface area (Å²) in [5.41, 5.74) is 1.74. The minimum atomic E-state index is -1.21. The summed E-state index contributed by atoms with van der Waals surface area (Å²) in [6.45, 7) is 9.66. The maximum Gasteiger partial charge on any atom is 0.341 e. The molecule has 1 fully saturated rings. The molecule has 212 valence electrons. The maximum atomic E-state index is 15.7. The van der Waals surface area contributed by atoms with E-state index in [1.165, 1.54) is 23.9 Å². The van der Waals surface area contributed by atoms with E-state index in [9.17, 15) is 4.79 Å². The van der Waals surface area contributed by atoms with E-state index in [1.807, 2.05) is 10.8 Å². The molecule has 0 bridgehead atoms. The van der Waals surface area contributed by atoms with Crippen molar-refractivity contribution in [3.8, 4) is 5.69 Å². The van der Waals surface area contributed by atoms with Crippen molar-refractivity contribution in [3.63, 3.8) is 0 Å². The van der Waals surface area contributed by atoms with E-state index in [1.54, 1.807) is 36.0 Å². The van der Waals surface area contributed by atoms with Crippen molar-refractivity contribution in [1.29, 1.82) is 0 Å². The Hall–Kier alpha value is -2.66. The first-order valence-corrected chi connectivity index (χ1v) is 18.3. The van der Waals surface area contributed by atoms with Crippen LogP contribution in [0.1, 0.15) is 41.7 Å². The number of rotatable bonds is 11. The Morgan fingerprint density at radius 2 is 1.95 bits per heavy atom. The topological polar surface area (TPSA) is 58.3 Å². The van der Waals surface area contributed by atoms with Crippen LogP contribution < -0.4 is 0 Å². The summed E-state index contributed by atoms with van der Waals surface area (Å²) in [6.07, 6.45) is 5.37. The number of esters is 1. The predicted molar refractivity (Wildman–Crippen MR) is 157 cm³/mol. The van der Waals surface area contributed by atoms with Gasteiger partial charge in [0.1, 0.15) is 6.73 Å². The molecule has 0 radical (unpaired) electrons. The van der Waals surface area contributed by atoms with Crippen molar-refractivity contribution in [2.24, 2.45) is 0 Å². The van der Waals surface area contributed by atoms with Crippen molar-refractivity contribution in [2.45, 2.75) is 67.9 Å². The number of halogens is 3. The lowest BCUT2D eigenvalue weighted by Gasteiger charge is -2.15. The van der Waals surface area contributed by atoms with Crippen molar-refractivity contribution < 1.29 is 23.0 Å². The van der Waals surface area contributed by atoms with Crippen LogP contribution in [0.5, 0.6) is 0 Å². The molecule has 6 nitrogen and oxygen atoms in total. The van der Waals surface area contributed by atoms with Gasteiger partial charge in [-0.3, -0.25) is 0 Å². The van der Waals surface area contributed by atoms with Crippen LogP contribution in [0.25, 0.3) is 16.6 Å². The molecule has 11 heteroatoms. The molecular weight excluding hydrogens is 572 g/mol. The predicted octanol–water partition coefficient (Wildman–Crippen LogP) is 8.28. The van der Waals surface area contributed by atoms with Gasteiger partial charge in [0.05, 0.1) is 40.8 Å². The molecule has 1 saturated carbocycles. The van der Waals surface area contributed by atoms with Gasteiger partial charge in [-0.25, -0.2) is 18.3 Å². The second kappa shape index (κ2) is 11.7. The Morgan fingerprint density at radius 3 is 2.65 bits per heavy atom. The first-order valence-electron chi connectivity index (χ1n) is 13.4. The van der Waals surface area contributed by atoms with Gasteiger partial charge in [0.25, 0.3) is 0 Å². The molecule has 0 N–H and O–H groups in total. The fraction of sp³-hybridized carbons (Fsp3) is 0.379. The molecule has 0 spiro atoms. The molecule has 5 rings (SSSR count). The SMILES string of the molecule is CCOC(=O)c1cccc(Sc2c(C3CC3)n(-c3cnn(COCC[Si](C)(C)C)c3)c3c(F)c(Cl)ccc23)c1F. The average molecular weight is 604 g/mol. The molecule has 2 aromatic heterocycles. The van der Waals surface area contributed by atoms with Crippen molar-refractivity contribution >= 4 is 48.3 Å². The number of fused-ring (bicyclic) bond motifs is 1. The Bertz CT molecular complexity index is 1560. The normalized spacial score (nSPS) is 13.8. The number of nitrogens with zero attached hydrogens (tertiary/aromatic N) is 3. The van der Waals surface area contributed by atoms with Crippen molar-refractivity contribution in [1.82, 2.24) is 14.3 Å². The van der Waals surface area contributed by atoms with Gasteiger partial charge < -0.3 is 14.0 Å². The first kappa shape index (κ1) is 28.9. The summed E-state index contributed by atoms with van der Waals surface area (Å²) in [5.74, 6) is -1.76. The van der Waals surface area contributed by atoms with Crippen LogP contribution in [0.2, 0.25) is 30.7 Å². The molecule has 0 amide bonds. The first-order chi connectivity index (χ1) is 19.1. The molecule has 2 aromatic carbocycles. The zero-order valence-corrected chi connectivity index (χ0v) is 25.5. The van der Waals surface area contributed by atoms with E-state index >= 15 is 8.78 Å². The quantitative estimate of drug-likeness (QED) is 0.0981. The maximum absolute atomic E-state index is 15.7. The molecule has 0 atom stereocenters. The molecule has 0 saturated heterocycles. The van der Waals surface area contributed by atoms with Gasteiger partial charge in [-0.1, -0.05) is 49.1 Å². The van der Waals surface area contributed by atoms with Crippen LogP contribution in [0.15, 0.2) is 52.5 Å². The largest absolute Gasteiger partial charge is 0.462 e.